The topological polar surface area (TPSA) is 46.3 Å². The molecule has 0 saturated carbocycles. The fourth-order valence-corrected chi connectivity index (χ4v) is 2.07. The van der Waals surface area contributed by atoms with E-state index in [1.807, 2.05) is 6.92 Å². The molecule has 0 aromatic heterocycles. The minimum absolute atomic E-state index is 0.0202. The third-order valence-electron chi connectivity index (χ3n) is 3.18. The fraction of sp³-hybridized carbons (Fsp3) is 0.909. The minimum atomic E-state index is -4.26. The number of alkyl halides is 3. The Morgan fingerprint density at radius 3 is 2.71 bits per heavy atom. The third kappa shape index (κ3) is 4.93. The Bertz CT molecular complexity index is 266. The molecule has 0 aromatic carbocycles. The number of hydrogen-bond acceptors (Lipinski definition) is 2. The van der Waals surface area contributed by atoms with Crippen molar-refractivity contribution in [1.29, 1.82) is 0 Å². The van der Waals surface area contributed by atoms with Crippen LogP contribution in [-0.2, 0) is 4.79 Å². The second kappa shape index (κ2) is 5.71. The normalized spacial score (nSPS) is 23.6. The minimum Gasteiger partial charge on any atom is -0.342 e. The second-order valence-electron chi connectivity index (χ2n) is 4.72. The van der Waals surface area contributed by atoms with Crippen molar-refractivity contribution in [2.45, 2.75) is 44.8 Å². The summed E-state index contributed by atoms with van der Waals surface area (Å²) in [5.41, 5.74) is 5.75. The van der Waals surface area contributed by atoms with Gasteiger partial charge in [0.25, 0.3) is 0 Å². The molecule has 0 radical (unpaired) electrons. The zero-order chi connectivity index (χ0) is 13.1. The highest BCUT2D eigenvalue weighted by atomic mass is 19.4. The van der Waals surface area contributed by atoms with Gasteiger partial charge in [0, 0.05) is 25.6 Å². The Morgan fingerprint density at radius 2 is 2.18 bits per heavy atom. The van der Waals surface area contributed by atoms with Gasteiger partial charge in [0.1, 0.15) is 0 Å². The van der Waals surface area contributed by atoms with Crippen LogP contribution in [0.3, 0.4) is 0 Å². The molecule has 1 aliphatic heterocycles. The zero-order valence-electron chi connectivity index (χ0n) is 9.96. The highest BCUT2D eigenvalue weighted by molar-refractivity contribution is 5.76. The van der Waals surface area contributed by atoms with Gasteiger partial charge >= 0.3 is 6.18 Å². The van der Waals surface area contributed by atoms with E-state index < -0.39 is 24.9 Å². The maximum absolute atomic E-state index is 12.0. The number of rotatable bonds is 3. The smallest absolute Gasteiger partial charge is 0.342 e. The molecule has 3 nitrogen and oxygen atoms in total. The second-order valence-corrected chi connectivity index (χ2v) is 4.72. The SMILES string of the molecule is C[C@H](N)[C@H]1CCCN(C(=O)CCC(F)(F)F)C1. The van der Waals surface area contributed by atoms with Crippen molar-refractivity contribution in [1.82, 2.24) is 4.90 Å². The van der Waals surface area contributed by atoms with Gasteiger partial charge in [-0.1, -0.05) is 0 Å². The molecular formula is C11H19F3N2O. The van der Waals surface area contributed by atoms with E-state index in [-0.39, 0.29) is 12.0 Å². The molecule has 100 valence electrons. The summed E-state index contributed by atoms with van der Waals surface area (Å²) in [5, 5.41) is 0. The Balaban J connectivity index is 2.41. The monoisotopic (exact) mass is 252 g/mol. The first-order valence-electron chi connectivity index (χ1n) is 5.89. The van der Waals surface area contributed by atoms with Gasteiger partial charge in [-0.2, -0.15) is 13.2 Å². The van der Waals surface area contributed by atoms with E-state index in [2.05, 4.69) is 0 Å². The summed E-state index contributed by atoms with van der Waals surface area (Å²) in [6.07, 6.45) is -3.98. The van der Waals surface area contributed by atoms with Crippen molar-refractivity contribution >= 4 is 5.91 Å². The van der Waals surface area contributed by atoms with Gasteiger partial charge in [-0.25, -0.2) is 0 Å². The molecule has 1 saturated heterocycles. The third-order valence-corrected chi connectivity index (χ3v) is 3.18. The number of nitrogens with zero attached hydrogens (tertiary/aromatic N) is 1. The molecule has 1 rings (SSSR count). The quantitative estimate of drug-likeness (QED) is 0.834. The van der Waals surface area contributed by atoms with Gasteiger partial charge < -0.3 is 10.6 Å². The average Bonchev–Trinajstić information content (AvgIpc) is 2.25. The zero-order valence-corrected chi connectivity index (χ0v) is 9.96. The van der Waals surface area contributed by atoms with Crippen molar-refractivity contribution in [3.05, 3.63) is 0 Å². The van der Waals surface area contributed by atoms with E-state index in [4.69, 9.17) is 5.73 Å². The van der Waals surface area contributed by atoms with E-state index in [0.29, 0.717) is 13.1 Å². The lowest BCUT2D eigenvalue weighted by molar-refractivity contribution is -0.150. The lowest BCUT2D eigenvalue weighted by Gasteiger charge is -2.34. The number of nitrogens with two attached hydrogens (primary N) is 1. The van der Waals surface area contributed by atoms with Crippen LogP contribution in [0, 0.1) is 5.92 Å². The summed E-state index contributed by atoms with van der Waals surface area (Å²) in [6.45, 7) is 2.92. The standard InChI is InChI=1S/C11H19F3N2O/c1-8(15)9-3-2-6-16(7-9)10(17)4-5-11(12,13)14/h8-9H,2-7,15H2,1H3/t8-,9-/m0/s1. The number of carbonyl (C=O) groups excluding carboxylic acids is 1. The van der Waals surface area contributed by atoms with Crippen LogP contribution in [0.15, 0.2) is 0 Å². The average molecular weight is 252 g/mol. The van der Waals surface area contributed by atoms with E-state index in [0.717, 1.165) is 12.8 Å². The maximum atomic E-state index is 12.0. The van der Waals surface area contributed by atoms with Crippen LogP contribution in [0.1, 0.15) is 32.6 Å². The predicted octanol–water partition coefficient (Wildman–Crippen LogP) is 1.91. The Hall–Kier alpha value is -0.780. The van der Waals surface area contributed by atoms with Crippen molar-refractivity contribution in [2.24, 2.45) is 11.7 Å². The molecule has 1 fully saturated rings. The highest BCUT2D eigenvalue weighted by Crippen LogP contribution is 2.24. The first kappa shape index (κ1) is 14.3. The first-order valence-corrected chi connectivity index (χ1v) is 5.89. The molecule has 1 heterocycles. The molecule has 0 aromatic rings. The summed E-state index contributed by atoms with van der Waals surface area (Å²) in [5.74, 6) is -0.203. The summed E-state index contributed by atoms with van der Waals surface area (Å²) < 4.78 is 36.0. The van der Waals surface area contributed by atoms with Crippen LogP contribution >= 0.6 is 0 Å². The van der Waals surface area contributed by atoms with Gasteiger partial charge in [0.15, 0.2) is 0 Å². The van der Waals surface area contributed by atoms with Crippen LogP contribution in [0.25, 0.3) is 0 Å². The largest absolute Gasteiger partial charge is 0.389 e. The molecule has 0 aliphatic carbocycles. The molecule has 0 unspecified atom stereocenters. The molecular weight excluding hydrogens is 233 g/mol. The van der Waals surface area contributed by atoms with Crippen LogP contribution in [0.2, 0.25) is 0 Å². The van der Waals surface area contributed by atoms with Crippen LogP contribution in [-0.4, -0.2) is 36.1 Å². The van der Waals surface area contributed by atoms with Gasteiger partial charge in [-0.05, 0) is 25.7 Å². The Kier molecular flexibility index (Phi) is 4.80. The van der Waals surface area contributed by atoms with E-state index in [1.165, 1.54) is 4.90 Å². The summed E-state index contributed by atoms with van der Waals surface area (Å²) >= 11 is 0. The van der Waals surface area contributed by atoms with Gasteiger partial charge in [0.05, 0.1) is 6.42 Å². The highest BCUT2D eigenvalue weighted by Gasteiger charge is 2.31. The summed E-state index contributed by atoms with van der Waals surface area (Å²) in [6, 6.07) is -0.0202. The Labute approximate surface area is 99.1 Å². The molecule has 6 heteroatoms. The first-order chi connectivity index (χ1) is 7.79. The summed E-state index contributed by atoms with van der Waals surface area (Å²) in [4.78, 5) is 13.1. The van der Waals surface area contributed by atoms with Gasteiger partial charge in [0.2, 0.25) is 5.91 Å². The van der Waals surface area contributed by atoms with Crippen LogP contribution in [0.5, 0.6) is 0 Å². The number of likely N-dealkylation sites (tertiary alicyclic amines) is 1. The van der Waals surface area contributed by atoms with E-state index in [1.54, 1.807) is 0 Å². The number of hydrogen-bond donors (Lipinski definition) is 1. The van der Waals surface area contributed by atoms with Crippen molar-refractivity contribution in [3.63, 3.8) is 0 Å². The van der Waals surface area contributed by atoms with Crippen LogP contribution in [0.4, 0.5) is 13.2 Å². The molecule has 2 N–H and O–H groups in total. The van der Waals surface area contributed by atoms with E-state index >= 15 is 0 Å². The number of carbonyl (C=O) groups is 1. The van der Waals surface area contributed by atoms with Crippen molar-refractivity contribution in [3.8, 4) is 0 Å². The van der Waals surface area contributed by atoms with Crippen molar-refractivity contribution < 1.29 is 18.0 Å². The van der Waals surface area contributed by atoms with Crippen molar-refractivity contribution in [2.75, 3.05) is 13.1 Å². The lowest BCUT2D eigenvalue weighted by atomic mass is 9.92. The van der Waals surface area contributed by atoms with Gasteiger partial charge in [-0.15, -0.1) is 0 Å². The fourth-order valence-electron chi connectivity index (χ4n) is 2.07. The number of amides is 1. The van der Waals surface area contributed by atoms with Crippen LogP contribution < -0.4 is 5.73 Å². The number of halogens is 3. The Morgan fingerprint density at radius 1 is 1.53 bits per heavy atom. The predicted molar refractivity (Wildman–Crippen MR) is 58.2 cm³/mol. The molecule has 1 aliphatic rings. The number of piperidine rings is 1. The molecule has 17 heavy (non-hydrogen) atoms. The molecule has 0 spiro atoms. The maximum Gasteiger partial charge on any atom is 0.389 e. The lowest BCUT2D eigenvalue weighted by Crippen LogP contribution is -2.45. The molecule has 1 amide bonds. The summed E-state index contributed by atoms with van der Waals surface area (Å²) in [7, 11) is 0. The van der Waals surface area contributed by atoms with Gasteiger partial charge in [-0.3, -0.25) is 4.79 Å². The molecule has 2 atom stereocenters. The van der Waals surface area contributed by atoms with E-state index in [9.17, 15) is 18.0 Å². The molecule has 0 bridgehead atoms.